The molecule has 1 N–H and O–H groups in total. The van der Waals surface area contributed by atoms with Crippen molar-refractivity contribution < 1.29 is 13.2 Å². The number of nitrogens with zero attached hydrogens (tertiary/aromatic N) is 1. The average Bonchev–Trinajstić information content (AvgIpc) is 2.39. The molecule has 0 radical (unpaired) electrons. The molecule has 0 fully saturated rings. The van der Waals surface area contributed by atoms with Gasteiger partial charge in [-0.2, -0.15) is 18.3 Å². The Morgan fingerprint density at radius 2 is 1.53 bits per heavy atom. The Morgan fingerprint density at radius 1 is 0.895 bits per heavy atom. The van der Waals surface area contributed by atoms with E-state index in [-0.39, 0.29) is 5.69 Å². The summed E-state index contributed by atoms with van der Waals surface area (Å²) in [6, 6.07) is 14.3. The molecule has 0 aliphatic rings. The highest BCUT2D eigenvalue weighted by Crippen LogP contribution is 2.34. The summed E-state index contributed by atoms with van der Waals surface area (Å²) < 4.78 is 38.1. The number of para-hydroxylation sites is 1. The van der Waals surface area contributed by atoms with Crippen LogP contribution in [0.4, 0.5) is 18.9 Å². The fourth-order valence-electron chi connectivity index (χ4n) is 1.54. The van der Waals surface area contributed by atoms with Gasteiger partial charge < -0.3 is 0 Å². The number of nitrogens with one attached hydrogen (secondary N) is 1. The highest BCUT2D eigenvalue weighted by molar-refractivity contribution is 5.80. The van der Waals surface area contributed by atoms with Crippen molar-refractivity contribution in [3.63, 3.8) is 0 Å². The van der Waals surface area contributed by atoms with Gasteiger partial charge in [-0.15, -0.1) is 0 Å². The molecule has 5 heteroatoms. The highest BCUT2D eigenvalue weighted by Gasteiger charge is 2.33. The van der Waals surface area contributed by atoms with E-state index in [9.17, 15) is 13.2 Å². The van der Waals surface area contributed by atoms with Gasteiger partial charge >= 0.3 is 6.18 Å². The average molecular weight is 264 g/mol. The summed E-state index contributed by atoms with van der Waals surface area (Å²) in [6.45, 7) is 0. The largest absolute Gasteiger partial charge is 0.418 e. The molecule has 0 saturated carbocycles. The second-order valence-corrected chi connectivity index (χ2v) is 3.82. The number of hydrazone groups is 1. The SMILES string of the molecule is FC(F)(F)c1ccccc1N/N=C\c1ccccc1. The predicted molar refractivity (Wildman–Crippen MR) is 69.1 cm³/mol. The summed E-state index contributed by atoms with van der Waals surface area (Å²) in [5, 5.41) is 3.81. The van der Waals surface area contributed by atoms with E-state index in [0.29, 0.717) is 0 Å². The number of anilines is 1. The van der Waals surface area contributed by atoms with Crippen LogP contribution < -0.4 is 5.43 Å². The van der Waals surface area contributed by atoms with Gasteiger partial charge in [0.15, 0.2) is 0 Å². The van der Waals surface area contributed by atoms with Gasteiger partial charge in [0, 0.05) is 0 Å². The molecule has 0 aliphatic carbocycles. The van der Waals surface area contributed by atoms with E-state index in [0.717, 1.165) is 11.6 Å². The van der Waals surface area contributed by atoms with Crippen LogP contribution >= 0.6 is 0 Å². The summed E-state index contributed by atoms with van der Waals surface area (Å²) in [4.78, 5) is 0. The zero-order valence-electron chi connectivity index (χ0n) is 9.85. The minimum atomic E-state index is -4.40. The highest BCUT2D eigenvalue weighted by atomic mass is 19.4. The Balaban J connectivity index is 2.14. The Labute approximate surface area is 108 Å². The second-order valence-electron chi connectivity index (χ2n) is 3.82. The summed E-state index contributed by atoms with van der Waals surface area (Å²) in [6.07, 6.45) is -2.93. The molecule has 0 unspecified atom stereocenters. The maximum Gasteiger partial charge on any atom is 0.418 e. The lowest BCUT2D eigenvalue weighted by molar-refractivity contribution is -0.136. The first kappa shape index (κ1) is 13.1. The third-order valence-corrected chi connectivity index (χ3v) is 2.43. The fraction of sp³-hybridized carbons (Fsp3) is 0.0714. The molecule has 2 rings (SSSR count). The number of alkyl halides is 3. The Kier molecular flexibility index (Phi) is 3.85. The van der Waals surface area contributed by atoms with Gasteiger partial charge in [-0.3, -0.25) is 5.43 Å². The molecule has 2 nitrogen and oxygen atoms in total. The van der Waals surface area contributed by atoms with Crippen LogP contribution in [0.2, 0.25) is 0 Å². The van der Waals surface area contributed by atoms with Gasteiger partial charge in [-0.05, 0) is 17.7 Å². The van der Waals surface area contributed by atoms with Crippen molar-refractivity contribution in [2.45, 2.75) is 6.18 Å². The van der Waals surface area contributed by atoms with Gasteiger partial charge in [-0.1, -0.05) is 42.5 Å². The monoisotopic (exact) mass is 264 g/mol. The quantitative estimate of drug-likeness (QED) is 0.653. The fourth-order valence-corrected chi connectivity index (χ4v) is 1.54. The molecule has 0 aliphatic heterocycles. The maximum atomic E-state index is 12.7. The van der Waals surface area contributed by atoms with E-state index >= 15 is 0 Å². The van der Waals surface area contributed by atoms with Crippen LogP contribution in [0.15, 0.2) is 59.7 Å². The van der Waals surface area contributed by atoms with Gasteiger partial charge in [-0.25, -0.2) is 0 Å². The molecule has 0 heterocycles. The van der Waals surface area contributed by atoms with Crippen molar-refractivity contribution in [1.29, 1.82) is 0 Å². The summed E-state index contributed by atoms with van der Waals surface area (Å²) in [5.74, 6) is 0. The van der Waals surface area contributed by atoms with Crippen LogP contribution in [-0.2, 0) is 6.18 Å². The molecule has 98 valence electrons. The lowest BCUT2D eigenvalue weighted by Crippen LogP contribution is -2.08. The molecule has 0 aromatic heterocycles. The van der Waals surface area contributed by atoms with Crippen molar-refractivity contribution in [3.05, 3.63) is 65.7 Å². The zero-order chi connectivity index (χ0) is 13.7. The molecule has 2 aromatic carbocycles. The van der Waals surface area contributed by atoms with Crippen molar-refractivity contribution in [3.8, 4) is 0 Å². The Hall–Kier alpha value is -2.30. The van der Waals surface area contributed by atoms with Crippen LogP contribution in [0.1, 0.15) is 11.1 Å². The molecule has 0 amide bonds. The number of hydrogen-bond acceptors (Lipinski definition) is 2. The van der Waals surface area contributed by atoms with Crippen LogP contribution in [0.5, 0.6) is 0 Å². The van der Waals surface area contributed by atoms with Gasteiger partial charge in [0.1, 0.15) is 0 Å². The lowest BCUT2D eigenvalue weighted by Gasteiger charge is -2.11. The van der Waals surface area contributed by atoms with Gasteiger partial charge in [0.05, 0.1) is 17.5 Å². The topological polar surface area (TPSA) is 24.4 Å². The first-order valence-electron chi connectivity index (χ1n) is 5.58. The van der Waals surface area contributed by atoms with E-state index in [1.54, 1.807) is 12.1 Å². The minimum Gasteiger partial charge on any atom is -0.278 e. The third-order valence-electron chi connectivity index (χ3n) is 2.43. The molecular weight excluding hydrogens is 253 g/mol. The first-order valence-corrected chi connectivity index (χ1v) is 5.58. The minimum absolute atomic E-state index is 0.0674. The molecular formula is C14H11F3N2. The van der Waals surface area contributed by atoms with Crippen molar-refractivity contribution in [1.82, 2.24) is 0 Å². The Bertz CT molecular complexity index is 562. The smallest absolute Gasteiger partial charge is 0.278 e. The van der Waals surface area contributed by atoms with Crippen LogP contribution in [0, 0.1) is 0 Å². The van der Waals surface area contributed by atoms with Gasteiger partial charge in [0.25, 0.3) is 0 Å². The Morgan fingerprint density at radius 3 is 2.21 bits per heavy atom. The summed E-state index contributed by atoms with van der Waals surface area (Å²) in [5.41, 5.74) is 2.42. The molecule has 2 aromatic rings. The molecule has 0 spiro atoms. The van der Waals surface area contributed by atoms with E-state index in [1.807, 2.05) is 18.2 Å². The molecule has 0 saturated heterocycles. The van der Waals surface area contributed by atoms with E-state index in [2.05, 4.69) is 10.5 Å². The lowest BCUT2D eigenvalue weighted by atomic mass is 10.2. The third kappa shape index (κ3) is 3.58. The normalized spacial score (nSPS) is 11.7. The van der Waals surface area contributed by atoms with E-state index < -0.39 is 11.7 Å². The molecule has 0 bridgehead atoms. The van der Waals surface area contributed by atoms with Crippen LogP contribution in [0.3, 0.4) is 0 Å². The number of hydrogen-bond donors (Lipinski definition) is 1. The summed E-state index contributed by atoms with van der Waals surface area (Å²) >= 11 is 0. The second kappa shape index (κ2) is 5.56. The number of benzene rings is 2. The van der Waals surface area contributed by atoms with E-state index in [4.69, 9.17) is 0 Å². The first-order chi connectivity index (χ1) is 9.07. The van der Waals surface area contributed by atoms with Gasteiger partial charge in [0.2, 0.25) is 0 Å². The van der Waals surface area contributed by atoms with Crippen molar-refractivity contribution in [2.75, 3.05) is 5.43 Å². The number of rotatable bonds is 3. The van der Waals surface area contributed by atoms with Crippen molar-refractivity contribution >= 4 is 11.9 Å². The predicted octanol–water partition coefficient (Wildman–Crippen LogP) is 4.15. The van der Waals surface area contributed by atoms with Crippen molar-refractivity contribution in [2.24, 2.45) is 5.10 Å². The van der Waals surface area contributed by atoms with Crippen LogP contribution in [0.25, 0.3) is 0 Å². The number of halogens is 3. The van der Waals surface area contributed by atoms with E-state index in [1.165, 1.54) is 24.4 Å². The standard InChI is InChI=1S/C14H11F3N2/c15-14(16,17)12-8-4-5-9-13(12)19-18-10-11-6-2-1-3-7-11/h1-10,19H/b18-10-. The molecule has 19 heavy (non-hydrogen) atoms. The maximum absolute atomic E-state index is 12.7. The summed E-state index contributed by atoms with van der Waals surface area (Å²) in [7, 11) is 0. The zero-order valence-corrected chi connectivity index (χ0v) is 9.85. The van der Waals surface area contributed by atoms with Crippen LogP contribution in [-0.4, -0.2) is 6.21 Å². The molecule has 0 atom stereocenters.